The van der Waals surface area contributed by atoms with E-state index in [1.54, 1.807) is 25.1 Å². The number of methoxy groups -OCH3 is 1. The van der Waals surface area contributed by atoms with E-state index < -0.39 is 39.8 Å². The molecule has 1 heterocycles. The third kappa shape index (κ3) is 3.58. The fourth-order valence-electron chi connectivity index (χ4n) is 2.89. The van der Waals surface area contributed by atoms with Gasteiger partial charge in [-0.2, -0.15) is 0 Å². The van der Waals surface area contributed by atoms with Crippen LogP contribution in [0, 0.1) is 24.0 Å². The monoisotopic (exact) mass is 410 g/mol. The molecule has 1 aliphatic rings. The number of benzene rings is 2. The highest BCUT2D eigenvalue weighted by atomic mass is 16.6. The average molecular weight is 410 g/mol. The highest BCUT2D eigenvalue weighted by Crippen LogP contribution is 2.34. The normalized spacial score (nSPS) is 15.4. The van der Waals surface area contributed by atoms with Crippen LogP contribution in [0.4, 0.5) is 16.2 Å². The van der Waals surface area contributed by atoms with Crippen LogP contribution in [0.3, 0.4) is 0 Å². The summed E-state index contributed by atoms with van der Waals surface area (Å²) in [5, 5.41) is 25.6. The molecule has 0 bridgehead atoms. The Morgan fingerprint density at radius 1 is 1.10 bits per heavy atom. The highest BCUT2D eigenvalue weighted by Gasteiger charge is 2.37. The fraction of sp³-hybridized carbons (Fsp3) is 0.150. The van der Waals surface area contributed by atoms with Crippen LogP contribution in [0.2, 0.25) is 0 Å². The molecule has 10 nitrogen and oxygen atoms in total. The van der Waals surface area contributed by atoms with Gasteiger partial charge in [0.2, 0.25) is 0 Å². The van der Waals surface area contributed by atoms with Crippen LogP contribution in [0.15, 0.2) is 35.9 Å². The quantitative estimate of drug-likeness (QED) is 0.351. The van der Waals surface area contributed by atoms with Gasteiger partial charge in [-0.1, -0.05) is 11.8 Å². The first-order chi connectivity index (χ1) is 14.1. The number of carbonyl (C=O) groups is 3. The van der Waals surface area contributed by atoms with Crippen LogP contribution >= 0.6 is 0 Å². The molecule has 2 aromatic carbocycles. The number of nitro groups is 1. The van der Waals surface area contributed by atoms with Crippen molar-refractivity contribution in [1.29, 1.82) is 0 Å². The van der Waals surface area contributed by atoms with Crippen LogP contribution in [-0.2, 0) is 9.59 Å². The maximum Gasteiger partial charge on any atom is 0.335 e. The number of carbonyl (C=O) groups excluding carboxylic acids is 3. The molecule has 3 rings (SSSR count). The van der Waals surface area contributed by atoms with E-state index in [4.69, 9.17) is 4.74 Å². The van der Waals surface area contributed by atoms with Crippen molar-refractivity contribution in [3.63, 3.8) is 0 Å². The van der Waals surface area contributed by atoms with E-state index in [0.717, 1.165) is 41.3 Å². The van der Waals surface area contributed by atoms with Gasteiger partial charge >= 0.3 is 6.03 Å². The number of ether oxygens (including phenoxy) is 1. The molecule has 1 fully saturated rings. The van der Waals surface area contributed by atoms with E-state index in [0.29, 0.717) is 0 Å². The standard InChI is InChI=1S/C20H17N3O7/c1-10-4-5-13(6-11(10)2)22-19(26)15(18(25)21-20(22)27)8-12-7-14(23(28)29)9-16(30-3)17(12)24/h4-9,24H,1-3H3,(H,21,25,27)/p-1/b15-8+. The predicted octanol–water partition coefficient (Wildman–Crippen LogP) is 1.96. The molecule has 0 radical (unpaired) electrons. The first kappa shape index (κ1) is 20.5. The van der Waals surface area contributed by atoms with Gasteiger partial charge in [-0.25, -0.2) is 9.69 Å². The fourth-order valence-corrected chi connectivity index (χ4v) is 2.89. The highest BCUT2D eigenvalue weighted by molar-refractivity contribution is 6.39. The van der Waals surface area contributed by atoms with Gasteiger partial charge in [-0.3, -0.25) is 25.0 Å². The Kier molecular flexibility index (Phi) is 5.24. The number of aryl methyl sites for hydroxylation is 2. The lowest BCUT2D eigenvalue weighted by Crippen LogP contribution is -2.54. The van der Waals surface area contributed by atoms with Crippen molar-refractivity contribution in [1.82, 2.24) is 5.32 Å². The molecule has 1 N–H and O–H groups in total. The molecular formula is C20H16N3O7-. The Hall–Kier alpha value is -4.21. The minimum absolute atomic E-state index is 0.234. The summed E-state index contributed by atoms with van der Waals surface area (Å²) in [4.78, 5) is 48.7. The molecule has 0 spiro atoms. The van der Waals surface area contributed by atoms with Crippen molar-refractivity contribution in [2.75, 3.05) is 12.0 Å². The topological polar surface area (TPSA) is 142 Å². The van der Waals surface area contributed by atoms with Crippen LogP contribution < -0.4 is 20.1 Å². The van der Waals surface area contributed by atoms with E-state index in [2.05, 4.69) is 0 Å². The molecule has 1 saturated heterocycles. The molecule has 1 aliphatic heterocycles. The Morgan fingerprint density at radius 2 is 1.80 bits per heavy atom. The predicted molar refractivity (Wildman–Crippen MR) is 104 cm³/mol. The summed E-state index contributed by atoms with van der Waals surface area (Å²) in [6, 6.07) is 5.79. The van der Waals surface area contributed by atoms with E-state index >= 15 is 0 Å². The Labute approximate surface area is 170 Å². The largest absolute Gasteiger partial charge is 0.870 e. The number of barbiturate groups is 1. The van der Waals surface area contributed by atoms with Crippen LogP contribution in [0.25, 0.3) is 6.08 Å². The number of nitro benzene ring substituents is 1. The third-order valence-electron chi connectivity index (χ3n) is 4.65. The SMILES string of the molecule is COc1cc([N+](=O)[O-])cc(/C=C2\C(=O)NC(=O)N(c3ccc(C)c(C)c3)C2=O)c1[O-]. The lowest BCUT2D eigenvalue weighted by atomic mass is 10.0. The van der Waals surface area contributed by atoms with Gasteiger partial charge in [0.05, 0.1) is 23.8 Å². The van der Waals surface area contributed by atoms with E-state index in [-0.39, 0.29) is 17.0 Å². The lowest BCUT2D eigenvalue weighted by Gasteiger charge is -2.27. The molecular weight excluding hydrogens is 394 g/mol. The van der Waals surface area contributed by atoms with Gasteiger partial charge < -0.3 is 9.84 Å². The van der Waals surface area contributed by atoms with Crippen molar-refractivity contribution in [3.05, 3.63) is 62.7 Å². The molecule has 4 amide bonds. The number of urea groups is 1. The Morgan fingerprint density at radius 3 is 2.40 bits per heavy atom. The number of hydrogen-bond acceptors (Lipinski definition) is 7. The molecule has 0 saturated carbocycles. The molecule has 0 unspecified atom stereocenters. The molecule has 154 valence electrons. The van der Waals surface area contributed by atoms with Gasteiger partial charge in [0.1, 0.15) is 11.3 Å². The van der Waals surface area contributed by atoms with Crippen molar-refractivity contribution in [2.45, 2.75) is 13.8 Å². The second-order valence-electron chi connectivity index (χ2n) is 6.55. The third-order valence-corrected chi connectivity index (χ3v) is 4.65. The average Bonchev–Trinajstić information content (AvgIpc) is 2.68. The Balaban J connectivity index is 2.12. The summed E-state index contributed by atoms with van der Waals surface area (Å²) >= 11 is 0. The first-order valence-corrected chi connectivity index (χ1v) is 8.66. The number of hydrogen-bond donors (Lipinski definition) is 1. The van der Waals surface area contributed by atoms with Gasteiger partial charge in [-0.15, -0.1) is 0 Å². The second kappa shape index (κ2) is 7.66. The number of imide groups is 2. The second-order valence-corrected chi connectivity index (χ2v) is 6.55. The zero-order valence-electron chi connectivity index (χ0n) is 16.2. The van der Waals surface area contributed by atoms with Crippen LogP contribution in [0.1, 0.15) is 16.7 Å². The summed E-state index contributed by atoms with van der Waals surface area (Å²) in [5.41, 5.74) is 0.722. The van der Waals surface area contributed by atoms with Crippen molar-refractivity contribution in [2.24, 2.45) is 0 Å². The van der Waals surface area contributed by atoms with Gasteiger partial charge in [-0.05, 0) is 48.7 Å². The molecule has 30 heavy (non-hydrogen) atoms. The number of amides is 4. The van der Waals surface area contributed by atoms with E-state index in [1.807, 2.05) is 12.2 Å². The van der Waals surface area contributed by atoms with Crippen molar-refractivity contribution >= 4 is 35.3 Å². The summed E-state index contributed by atoms with van der Waals surface area (Å²) in [6.45, 7) is 3.66. The minimum Gasteiger partial charge on any atom is -0.870 e. The molecule has 0 aliphatic carbocycles. The number of nitrogens with one attached hydrogen (secondary N) is 1. The zero-order chi connectivity index (χ0) is 22.2. The molecule has 10 heteroatoms. The Bertz CT molecular complexity index is 1140. The van der Waals surface area contributed by atoms with Gasteiger partial charge in [0.25, 0.3) is 17.5 Å². The maximum atomic E-state index is 12.9. The molecule has 2 aromatic rings. The molecule has 0 aromatic heterocycles. The van der Waals surface area contributed by atoms with Crippen molar-refractivity contribution < 1.29 is 29.2 Å². The zero-order valence-corrected chi connectivity index (χ0v) is 16.2. The van der Waals surface area contributed by atoms with Crippen LogP contribution in [-0.4, -0.2) is 29.9 Å². The number of non-ortho nitro benzene ring substituents is 1. The van der Waals surface area contributed by atoms with Gasteiger partial charge in [0.15, 0.2) is 0 Å². The van der Waals surface area contributed by atoms with Crippen LogP contribution in [0.5, 0.6) is 11.5 Å². The molecule has 0 atom stereocenters. The summed E-state index contributed by atoms with van der Waals surface area (Å²) in [7, 11) is 1.16. The minimum atomic E-state index is -1.02. The smallest absolute Gasteiger partial charge is 0.335 e. The lowest BCUT2D eigenvalue weighted by molar-refractivity contribution is -0.385. The number of rotatable bonds is 4. The number of anilines is 1. The summed E-state index contributed by atoms with van der Waals surface area (Å²) < 4.78 is 4.85. The first-order valence-electron chi connectivity index (χ1n) is 8.66. The summed E-state index contributed by atoms with van der Waals surface area (Å²) in [5.74, 6) is -3.04. The van der Waals surface area contributed by atoms with Crippen molar-refractivity contribution in [3.8, 4) is 11.5 Å². The van der Waals surface area contributed by atoms with Gasteiger partial charge in [0, 0.05) is 6.07 Å². The van der Waals surface area contributed by atoms with E-state index in [9.17, 15) is 29.6 Å². The number of nitrogens with zero attached hydrogens (tertiary/aromatic N) is 2. The maximum absolute atomic E-state index is 12.9. The summed E-state index contributed by atoms with van der Waals surface area (Å²) in [6.07, 6.45) is 0.913. The van der Waals surface area contributed by atoms with E-state index in [1.165, 1.54) is 0 Å².